The Hall–Kier alpha value is -1.14. The van der Waals surface area contributed by atoms with Gasteiger partial charge in [0.2, 0.25) is 11.8 Å². The Balaban J connectivity index is 3.79. The molecular formula is C13H28N4O2. The van der Waals surface area contributed by atoms with Crippen molar-refractivity contribution in [1.29, 1.82) is 0 Å². The van der Waals surface area contributed by atoms with Gasteiger partial charge < -0.3 is 21.3 Å². The van der Waals surface area contributed by atoms with Crippen molar-refractivity contribution >= 4 is 11.8 Å². The number of likely N-dealkylation sites (N-methyl/N-ethyl adjacent to an activating group) is 1. The van der Waals surface area contributed by atoms with E-state index in [1.165, 1.54) is 0 Å². The summed E-state index contributed by atoms with van der Waals surface area (Å²) >= 11 is 0. The van der Waals surface area contributed by atoms with Crippen molar-refractivity contribution in [2.75, 3.05) is 26.7 Å². The highest BCUT2D eigenvalue weighted by molar-refractivity contribution is 5.87. The lowest BCUT2D eigenvalue weighted by Crippen LogP contribution is -2.47. The lowest BCUT2D eigenvalue weighted by Gasteiger charge is -2.21. The summed E-state index contributed by atoms with van der Waals surface area (Å²) in [6.45, 7) is 9.25. The van der Waals surface area contributed by atoms with Crippen LogP contribution in [0.3, 0.4) is 0 Å². The zero-order valence-corrected chi connectivity index (χ0v) is 12.7. The number of hydrogen-bond donors (Lipinski definition) is 3. The van der Waals surface area contributed by atoms with Gasteiger partial charge in [-0.05, 0) is 26.8 Å². The van der Waals surface area contributed by atoms with Gasteiger partial charge in [-0.1, -0.05) is 13.8 Å². The van der Waals surface area contributed by atoms with Crippen LogP contribution in [0, 0.1) is 5.92 Å². The Morgan fingerprint density at radius 2 is 1.74 bits per heavy atom. The first-order valence-electron chi connectivity index (χ1n) is 6.76. The molecule has 0 spiro atoms. The molecule has 0 aromatic rings. The van der Waals surface area contributed by atoms with Gasteiger partial charge in [-0.3, -0.25) is 9.59 Å². The monoisotopic (exact) mass is 272 g/mol. The van der Waals surface area contributed by atoms with Crippen molar-refractivity contribution in [3.05, 3.63) is 0 Å². The van der Waals surface area contributed by atoms with E-state index >= 15 is 0 Å². The summed E-state index contributed by atoms with van der Waals surface area (Å²) < 4.78 is 0. The molecule has 0 saturated heterocycles. The minimum atomic E-state index is -0.570. The van der Waals surface area contributed by atoms with Crippen molar-refractivity contribution in [2.45, 2.75) is 39.8 Å². The van der Waals surface area contributed by atoms with Gasteiger partial charge in [0, 0.05) is 19.1 Å². The van der Waals surface area contributed by atoms with Crippen LogP contribution in [0.15, 0.2) is 0 Å². The van der Waals surface area contributed by atoms with Crippen molar-refractivity contribution in [1.82, 2.24) is 15.5 Å². The van der Waals surface area contributed by atoms with Crippen molar-refractivity contribution in [2.24, 2.45) is 11.7 Å². The molecule has 0 fully saturated rings. The van der Waals surface area contributed by atoms with E-state index in [0.29, 0.717) is 12.6 Å². The third-order valence-electron chi connectivity index (χ3n) is 3.11. The molecule has 1 atom stereocenters. The van der Waals surface area contributed by atoms with E-state index in [1.807, 2.05) is 20.9 Å². The smallest absolute Gasteiger partial charge is 0.239 e. The first kappa shape index (κ1) is 17.9. The van der Waals surface area contributed by atoms with Crippen LogP contribution >= 0.6 is 0 Å². The first-order chi connectivity index (χ1) is 8.75. The Morgan fingerprint density at radius 3 is 2.21 bits per heavy atom. The second kappa shape index (κ2) is 8.87. The molecule has 112 valence electrons. The second-order valence-electron chi connectivity index (χ2n) is 5.41. The molecule has 0 radical (unpaired) electrons. The standard InChI is InChI=1S/C13H28N4O2/c1-9(2)12(14)13(19)16-8-11(18)15-6-7-17(5)10(3)4/h9-10,12H,6-8,14H2,1-5H3,(H,15,18)(H,16,19)/t12-/m0/s1. The fourth-order valence-electron chi connectivity index (χ4n) is 1.28. The highest BCUT2D eigenvalue weighted by Crippen LogP contribution is 1.97. The van der Waals surface area contributed by atoms with Gasteiger partial charge in [0.05, 0.1) is 12.6 Å². The number of carbonyl (C=O) groups excluding carboxylic acids is 2. The van der Waals surface area contributed by atoms with E-state index in [-0.39, 0.29) is 24.3 Å². The summed E-state index contributed by atoms with van der Waals surface area (Å²) in [5.74, 6) is -0.423. The summed E-state index contributed by atoms with van der Waals surface area (Å²) in [6.07, 6.45) is 0. The van der Waals surface area contributed by atoms with Crippen LogP contribution in [0.5, 0.6) is 0 Å². The molecule has 0 aromatic heterocycles. The number of nitrogens with one attached hydrogen (secondary N) is 2. The van der Waals surface area contributed by atoms with Gasteiger partial charge in [0.15, 0.2) is 0 Å². The number of nitrogens with zero attached hydrogens (tertiary/aromatic N) is 1. The van der Waals surface area contributed by atoms with Gasteiger partial charge in [0.1, 0.15) is 0 Å². The van der Waals surface area contributed by atoms with Gasteiger partial charge >= 0.3 is 0 Å². The number of amides is 2. The molecule has 6 nitrogen and oxygen atoms in total. The molecule has 2 amide bonds. The molecule has 6 heteroatoms. The molecule has 0 bridgehead atoms. The van der Waals surface area contributed by atoms with E-state index in [2.05, 4.69) is 29.4 Å². The maximum absolute atomic E-state index is 11.5. The largest absolute Gasteiger partial charge is 0.353 e. The lowest BCUT2D eigenvalue weighted by atomic mass is 10.1. The number of carbonyl (C=O) groups is 2. The summed E-state index contributed by atoms with van der Waals surface area (Å²) in [6, 6.07) is -0.125. The Bertz CT molecular complexity index is 292. The zero-order valence-electron chi connectivity index (χ0n) is 12.7. The molecule has 4 N–H and O–H groups in total. The van der Waals surface area contributed by atoms with Crippen LogP contribution in [0.4, 0.5) is 0 Å². The molecule has 0 aromatic carbocycles. The summed E-state index contributed by atoms with van der Waals surface area (Å²) in [7, 11) is 2.00. The topological polar surface area (TPSA) is 87.5 Å². The van der Waals surface area contributed by atoms with Crippen molar-refractivity contribution < 1.29 is 9.59 Å². The fourth-order valence-corrected chi connectivity index (χ4v) is 1.28. The zero-order chi connectivity index (χ0) is 15.0. The highest BCUT2D eigenvalue weighted by atomic mass is 16.2. The van der Waals surface area contributed by atoms with E-state index in [4.69, 9.17) is 5.73 Å². The van der Waals surface area contributed by atoms with E-state index in [9.17, 15) is 9.59 Å². The number of nitrogens with two attached hydrogens (primary N) is 1. The highest BCUT2D eigenvalue weighted by Gasteiger charge is 2.17. The molecule has 0 aliphatic heterocycles. The minimum absolute atomic E-state index is 0.0232. The minimum Gasteiger partial charge on any atom is -0.353 e. The SMILES string of the molecule is CC(C)[C@H](N)C(=O)NCC(=O)NCCN(C)C(C)C. The second-order valence-corrected chi connectivity index (χ2v) is 5.41. The Morgan fingerprint density at radius 1 is 1.16 bits per heavy atom. The molecule has 0 unspecified atom stereocenters. The van der Waals surface area contributed by atoms with Gasteiger partial charge in [-0.2, -0.15) is 0 Å². The van der Waals surface area contributed by atoms with Crippen LogP contribution in [0.25, 0.3) is 0 Å². The average Bonchev–Trinajstić information content (AvgIpc) is 2.34. The van der Waals surface area contributed by atoms with Crippen LogP contribution in [0.1, 0.15) is 27.7 Å². The van der Waals surface area contributed by atoms with Gasteiger partial charge in [-0.15, -0.1) is 0 Å². The lowest BCUT2D eigenvalue weighted by molar-refractivity contribution is -0.127. The van der Waals surface area contributed by atoms with Crippen molar-refractivity contribution in [3.8, 4) is 0 Å². The molecule has 0 aliphatic carbocycles. The summed E-state index contributed by atoms with van der Waals surface area (Å²) in [5.41, 5.74) is 5.67. The Kier molecular flexibility index (Phi) is 8.34. The van der Waals surface area contributed by atoms with Gasteiger partial charge in [0.25, 0.3) is 0 Å². The van der Waals surface area contributed by atoms with Crippen LogP contribution in [-0.2, 0) is 9.59 Å². The third kappa shape index (κ3) is 7.79. The maximum Gasteiger partial charge on any atom is 0.239 e. The summed E-state index contributed by atoms with van der Waals surface area (Å²) in [4.78, 5) is 25.2. The van der Waals surface area contributed by atoms with Crippen LogP contribution in [0.2, 0.25) is 0 Å². The maximum atomic E-state index is 11.5. The molecule has 19 heavy (non-hydrogen) atoms. The number of hydrogen-bond acceptors (Lipinski definition) is 4. The van der Waals surface area contributed by atoms with E-state index in [1.54, 1.807) is 0 Å². The quantitative estimate of drug-likeness (QED) is 0.558. The molecule has 0 heterocycles. The molecule has 0 rings (SSSR count). The summed E-state index contributed by atoms with van der Waals surface area (Å²) in [5, 5.41) is 5.29. The first-order valence-corrected chi connectivity index (χ1v) is 6.76. The van der Waals surface area contributed by atoms with Gasteiger partial charge in [-0.25, -0.2) is 0 Å². The fraction of sp³-hybridized carbons (Fsp3) is 0.846. The van der Waals surface area contributed by atoms with E-state index < -0.39 is 6.04 Å². The predicted octanol–water partition coefficient (Wildman–Crippen LogP) is -0.458. The van der Waals surface area contributed by atoms with Crippen LogP contribution < -0.4 is 16.4 Å². The molecule has 0 aliphatic rings. The third-order valence-corrected chi connectivity index (χ3v) is 3.11. The van der Waals surface area contributed by atoms with Crippen LogP contribution in [-0.4, -0.2) is 55.5 Å². The average molecular weight is 272 g/mol. The Labute approximate surface area is 116 Å². The molecule has 0 saturated carbocycles. The normalized spacial score (nSPS) is 12.9. The number of rotatable bonds is 8. The molecular weight excluding hydrogens is 244 g/mol. The van der Waals surface area contributed by atoms with E-state index in [0.717, 1.165) is 6.54 Å². The van der Waals surface area contributed by atoms with Crippen molar-refractivity contribution in [3.63, 3.8) is 0 Å². The predicted molar refractivity (Wildman–Crippen MR) is 76.6 cm³/mol.